The number of aromatic nitrogens is 1. The van der Waals surface area contributed by atoms with Crippen molar-refractivity contribution in [2.45, 2.75) is 13.8 Å². The van der Waals surface area contributed by atoms with Gasteiger partial charge in [0.2, 0.25) is 0 Å². The van der Waals surface area contributed by atoms with Crippen LogP contribution < -0.4 is 4.57 Å². The van der Waals surface area contributed by atoms with Gasteiger partial charge in [0.25, 0.3) is 0 Å². The van der Waals surface area contributed by atoms with Gasteiger partial charge >= 0.3 is 0 Å². The molecule has 0 atom stereocenters. The predicted molar refractivity (Wildman–Crippen MR) is 47.4 cm³/mol. The van der Waals surface area contributed by atoms with E-state index in [9.17, 15) is 0 Å². The molecule has 1 rings (SSSR count). The molecule has 0 unspecified atom stereocenters. The topological polar surface area (TPSA) is 3.88 Å². The van der Waals surface area contributed by atoms with E-state index < -0.39 is 0 Å². The number of nitrogens with zero attached hydrogens (tertiary/aromatic N) is 1. The Morgan fingerprint density at radius 2 is 1.90 bits per heavy atom. The summed E-state index contributed by atoms with van der Waals surface area (Å²) in [5, 5.41) is 0. The van der Waals surface area contributed by atoms with Crippen molar-refractivity contribution in [2.24, 2.45) is 7.05 Å². The van der Waals surface area contributed by atoms with E-state index in [4.69, 9.17) is 0 Å². The molecule has 0 fully saturated rings. The van der Waals surface area contributed by atoms with Crippen molar-refractivity contribution < 1.29 is 4.57 Å². The average molecular weight is 203 g/mol. The van der Waals surface area contributed by atoms with Crippen LogP contribution in [-0.4, -0.2) is 0 Å². The summed E-state index contributed by atoms with van der Waals surface area (Å²) in [5.41, 5.74) is 2.68. The first kappa shape index (κ1) is 9.63. The lowest BCUT2D eigenvalue weighted by Gasteiger charge is -1.94. The molecule has 1 heterocycles. The Hall–Kier alpha value is -0.370. The number of halogens is 1. The molecule has 0 amide bonds. The highest BCUT2D eigenvalue weighted by Gasteiger charge is 1.99. The lowest BCUT2D eigenvalue weighted by molar-refractivity contribution is -0.678. The Morgan fingerprint density at radius 3 is 2.30 bits per heavy atom. The number of pyridine rings is 1. The van der Waals surface area contributed by atoms with Crippen LogP contribution in [0.15, 0.2) is 18.3 Å². The van der Waals surface area contributed by atoms with Crippen LogP contribution >= 0.6 is 17.0 Å². The standard InChI is InChI=1S/C8H12N.BrH/c1-7-5-4-6-9(3)8(7)2;/h4-6H,1-3H3;1H/q+1;. The van der Waals surface area contributed by atoms with Crippen molar-refractivity contribution in [3.05, 3.63) is 29.6 Å². The van der Waals surface area contributed by atoms with E-state index in [-0.39, 0.29) is 17.0 Å². The predicted octanol–water partition coefficient (Wildman–Crippen LogP) is 1.71. The number of rotatable bonds is 0. The molecule has 0 spiro atoms. The van der Waals surface area contributed by atoms with Crippen LogP contribution in [0.4, 0.5) is 0 Å². The minimum Gasteiger partial charge on any atom is -0.205 e. The minimum absolute atomic E-state index is 0. The molecule has 0 N–H and O–H groups in total. The summed E-state index contributed by atoms with van der Waals surface area (Å²) in [6.07, 6.45) is 2.06. The highest BCUT2D eigenvalue weighted by Crippen LogP contribution is 1.96. The molecule has 1 aromatic heterocycles. The highest BCUT2D eigenvalue weighted by molar-refractivity contribution is 8.93. The lowest BCUT2D eigenvalue weighted by Crippen LogP contribution is -2.31. The van der Waals surface area contributed by atoms with Crippen LogP contribution in [-0.2, 0) is 7.05 Å². The van der Waals surface area contributed by atoms with Crippen molar-refractivity contribution in [3.8, 4) is 0 Å². The summed E-state index contributed by atoms with van der Waals surface area (Å²) < 4.78 is 2.12. The first-order valence-corrected chi connectivity index (χ1v) is 3.13. The number of hydrogen-bond acceptors (Lipinski definition) is 0. The third-order valence-electron chi connectivity index (χ3n) is 1.76. The zero-order valence-corrected chi connectivity index (χ0v) is 8.30. The Morgan fingerprint density at radius 1 is 1.30 bits per heavy atom. The van der Waals surface area contributed by atoms with Gasteiger partial charge in [-0.15, -0.1) is 17.0 Å². The maximum atomic E-state index is 2.12. The molecule has 1 nitrogen and oxygen atoms in total. The van der Waals surface area contributed by atoms with Gasteiger partial charge in [0.1, 0.15) is 7.05 Å². The van der Waals surface area contributed by atoms with Crippen LogP contribution in [0.2, 0.25) is 0 Å². The van der Waals surface area contributed by atoms with Crippen molar-refractivity contribution in [3.63, 3.8) is 0 Å². The summed E-state index contributed by atoms with van der Waals surface area (Å²) in [7, 11) is 2.06. The fourth-order valence-electron chi connectivity index (χ4n) is 0.827. The van der Waals surface area contributed by atoms with E-state index in [0.29, 0.717) is 0 Å². The largest absolute Gasteiger partial charge is 0.205 e. The number of hydrogen-bond donors (Lipinski definition) is 0. The van der Waals surface area contributed by atoms with Crippen LogP contribution in [0.3, 0.4) is 0 Å². The third-order valence-corrected chi connectivity index (χ3v) is 1.76. The molecule has 0 aliphatic heterocycles. The molecule has 0 saturated carbocycles. The van der Waals surface area contributed by atoms with Gasteiger partial charge in [0.05, 0.1) is 0 Å². The van der Waals surface area contributed by atoms with Gasteiger partial charge in [0, 0.05) is 18.6 Å². The molecule has 0 bridgehead atoms. The first-order valence-electron chi connectivity index (χ1n) is 3.13. The molecule has 0 aliphatic rings. The second-order valence-corrected chi connectivity index (χ2v) is 2.39. The van der Waals surface area contributed by atoms with E-state index in [1.807, 2.05) is 0 Å². The second-order valence-electron chi connectivity index (χ2n) is 2.39. The summed E-state index contributed by atoms with van der Waals surface area (Å²) in [6, 6.07) is 4.18. The fourth-order valence-corrected chi connectivity index (χ4v) is 0.827. The quantitative estimate of drug-likeness (QED) is 0.565. The van der Waals surface area contributed by atoms with Gasteiger partial charge in [-0.05, 0) is 13.0 Å². The van der Waals surface area contributed by atoms with E-state index in [2.05, 4.69) is 43.8 Å². The van der Waals surface area contributed by atoms with Gasteiger partial charge in [-0.3, -0.25) is 0 Å². The zero-order valence-electron chi connectivity index (χ0n) is 6.59. The Balaban J connectivity index is 0.000000810. The molecule has 10 heavy (non-hydrogen) atoms. The van der Waals surface area contributed by atoms with Crippen LogP contribution in [0.25, 0.3) is 0 Å². The van der Waals surface area contributed by atoms with Gasteiger partial charge in [0.15, 0.2) is 11.9 Å². The van der Waals surface area contributed by atoms with E-state index in [0.717, 1.165) is 0 Å². The Kier molecular flexibility index (Phi) is 3.58. The van der Waals surface area contributed by atoms with Gasteiger partial charge < -0.3 is 0 Å². The van der Waals surface area contributed by atoms with Crippen molar-refractivity contribution >= 4 is 17.0 Å². The zero-order chi connectivity index (χ0) is 6.85. The summed E-state index contributed by atoms with van der Waals surface area (Å²) >= 11 is 0. The summed E-state index contributed by atoms with van der Waals surface area (Å²) in [5.74, 6) is 0. The lowest BCUT2D eigenvalue weighted by atomic mass is 10.2. The summed E-state index contributed by atoms with van der Waals surface area (Å²) in [4.78, 5) is 0. The molecule has 0 radical (unpaired) electrons. The van der Waals surface area contributed by atoms with Crippen LogP contribution in [0.1, 0.15) is 11.3 Å². The minimum atomic E-state index is 0. The maximum Gasteiger partial charge on any atom is 0.180 e. The number of aryl methyl sites for hydroxylation is 2. The smallest absolute Gasteiger partial charge is 0.180 e. The highest BCUT2D eigenvalue weighted by atomic mass is 79.9. The maximum absolute atomic E-state index is 2.12. The second kappa shape index (κ2) is 3.71. The van der Waals surface area contributed by atoms with Crippen LogP contribution in [0, 0.1) is 13.8 Å². The van der Waals surface area contributed by atoms with Crippen molar-refractivity contribution in [1.82, 2.24) is 0 Å². The first-order chi connectivity index (χ1) is 4.22. The van der Waals surface area contributed by atoms with E-state index in [1.165, 1.54) is 11.3 Å². The normalized spacial score (nSPS) is 8.70. The SMILES string of the molecule is Br.Cc1ccc[n+](C)c1C. The van der Waals surface area contributed by atoms with E-state index >= 15 is 0 Å². The van der Waals surface area contributed by atoms with E-state index in [1.54, 1.807) is 0 Å². The molecular formula is C8H13BrN+. The van der Waals surface area contributed by atoms with Gasteiger partial charge in [-0.25, -0.2) is 4.57 Å². The van der Waals surface area contributed by atoms with Crippen molar-refractivity contribution in [1.29, 1.82) is 0 Å². The van der Waals surface area contributed by atoms with Gasteiger partial charge in [-0.1, -0.05) is 0 Å². The fraction of sp³-hybridized carbons (Fsp3) is 0.375. The monoisotopic (exact) mass is 202 g/mol. The van der Waals surface area contributed by atoms with Gasteiger partial charge in [-0.2, -0.15) is 0 Å². The molecular weight excluding hydrogens is 190 g/mol. The Labute approximate surface area is 72.5 Å². The molecule has 0 aliphatic carbocycles. The average Bonchev–Trinajstić information content (AvgIpc) is 1.83. The van der Waals surface area contributed by atoms with Crippen LogP contribution in [0.5, 0.6) is 0 Å². The molecule has 0 aromatic carbocycles. The third kappa shape index (κ3) is 1.81. The summed E-state index contributed by atoms with van der Waals surface area (Å²) in [6.45, 7) is 4.24. The van der Waals surface area contributed by atoms with Crippen molar-refractivity contribution in [2.75, 3.05) is 0 Å². The molecule has 0 saturated heterocycles. The molecule has 2 heteroatoms. The molecule has 1 aromatic rings. The molecule has 56 valence electrons. The Bertz CT molecular complexity index is 200.